The van der Waals surface area contributed by atoms with E-state index in [1.54, 1.807) is 22.9 Å². The van der Waals surface area contributed by atoms with E-state index in [9.17, 15) is 4.79 Å². The number of nitrogens with zero attached hydrogens (tertiary/aromatic N) is 3. The maximum atomic E-state index is 12.5. The summed E-state index contributed by atoms with van der Waals surface area (Å²) in [7, 11) is 0. The lowest BCUT2D eigenvalue weighted by Crippen LogP contribution is -2.35. The molecule has 0 spiro atoms. The number of aryl methyl sites for hydroxylation is 1. The van der Waals surface area contributed by atoms with Crippen LogP contribution in [0.1, 0.15) is 5.56 Å². The fraction of sp³-hybridized carbons (Fsp3) is 0.250. The number of aromatic nitrogens is 3. The first-order valence-corrected chi connectivity index (χ1v) is 10.0. The van der Waals surface area contributed by atoms with E-state index in [1.165, 1.54) is 9.13 Å². The molecule has 0 amide bonds. The second-order valence-corrected chi connectivity index (χ2v) is 7.88. The van der Waals surface area contributed by atoms with Gasteiger partial charge in [-0.25, -0.2) is 9.78 Å². The van der Waals surface area contributed by atoms with E-state index in [-0.39, 0.29) is 18.4 Å². The zero-order chi connectivity index (χ0) is 19.1. The van der Waals surface area contributed by atoms with Crippen molar-refractivity contribution in [1.29, 1.82) is 0 Å². The first kappa shape index (κ1) is 17.5. The molecule has 4 heterocycles. The molecule has 0 saturated carbocycles. The molecule has 3 aromatic rings. The van der Waals surface area contributed by atoms with E-state index in [1.807, 2.05) is 18.2 Å². The van der Waals surface area contributed by atoms with Crippen LogP contribution in [0.4, 0.5) is 0 Å². The lowest BCUT2D eigenvalue weighted by atomic mass is 9.98. The second kappa shape index (κ2) is 7.08. The van der Waals surface area contributed by atoms with Crippen LogP contribution < -0.4 is 19.9 Å². The molecule has 0 fully saturated rings. The first-order chi connectivity index (χ1) is 13.7. The van der Waals surface area contributed by atoms with Crippen molar-refractivity contribution in [3.05, 3.63) is 62.2 Å². The fourth-order valence-electron chi connectivity index (χ4n) is 3.47. The number of ether oxygens (including phenoxy) is 3. The highest BCUT2D eigenvalue weighted by atomic mass is 127. The van der Waals surface area contributed by atoms with Crippen LogP contribution in [0.3, 0.4) is 0 Å². The van der Waals surface area contributed by atoms with Crippen LogP contribution in [0.2, 0.25) is 0 Å². The molecular weight excluding hydrogens is 473 g/mol. The molecule has 1 unspecified atom stereocenters. The number of hydrogen-bond donors (Lipinski definition) is 0. The Morgan fingerprint density at radius 3 is 3.14 bits per heavy atom. The molecule has 1 aromatic carbocycles. The minimum atomic E-state index is -0.300. The number of benzene rings is 1. The average Bonchev–Trinajstić information content (AvgIpc) is 2.71. The summed E-state index contributed by atoms with van der Waals surface area (Å²) < 4.78 is 20.1. The van der Waals surface area contributed by atoms with Gasteiger partial charge in [-0.1, -0.05) is 6.07 Å². The Labute approximate surface area is 174 Å². The van der Waals surface area contributed by atoms with Gasteiger partial charge in [0.15, 0.2) is 11.9 Å². The lowest BCUT2D eigenvalue weighted by Gasteiger charge is -2.25. The van der Waals surface area contributed by atoms with Crippen molar-refractivity contribution < 1.29 is 14.2 Å². The normalized spacial score (nSPS) is 16.8. The van der Waals surface area contributed by atoms with Gasteiger partial charge in [0, 0.05) is 27.9 Å². The quantitative estimate of drug-likeness (QED) is 0.527. The minimum absolute atomic E-state index is 0.226. The van der Waals surface area contributed by atoms with Crippen LogP contribution in [0, 0.1) is 3.57 Å². The van der Waals surface area contributed by atoms with Crippen molar-refractivity contribution >= 4 is 22.6 Å². The minimum Gasteiger partial charge on any atom is -0.478 e. The average molecular weight is 489 g/mol. The van der Waals surface area contributed by atoms with Gasteiger partial charge in [0.25, 0.3) is 5.88 Å². The van der Waals surface area contributed by atoms with Gasteiger partial charge in [0.1, 0.15) is 13.2 Å². The molecule has 5 rings (SSSR count). The number of rotatable bonds is 3. The Morgan fingerprint density at radius 1 is 1.29 bits per heavy atom. The highest BCUT2D eigenvalue weighted by Crippen LogP contribution is 2.31. The van der Waals surface area contributed by atoms with Crippen LogP contribution in [0.15, 0.2) is 47.4 Å². The molecule has 28 heavy (non-hydrogen) atoms. The molecule has 8 heteroatoms. The van der Waals surface area contributed by atoms with Crippen molar-refractivity contribution in [3.63, 3.8) is 0 Å². The van der Waals surface area contributed by atoms with Crippen LogP contribution in [0.5, 0.6) is 17.5 Å². The lowest BCUT2D eigenvalue weighted by molar-refractivity contribution is 0.0486. The van der Waals surface area contributed by atoms with E-state index in [0.29, 0.717) is 30.7 Å². The Bertz CT molecular complexity index is 1110. The van der Waals surface area contributed by atoms with Crippen LogP contribution in [-0.4, -0.2) is 33.9 Å². The Morgan fingerprint density at radius 2 is 2.21 bits per heavy atom. The third-order valence-electron chi connectivity index (χ3n) is 4.79. The SMILES string of the molecule is O=c1nc(OCC2COc3ncccc3O2)cc2n1CCc1cc(I)ccc1-2. The monoisotopic (exact) mass is 489 g/mol. The molecule has 0 radical (unpaired) electrons. The fourth-order valence-corrected chi connectivity index (χ4v) is 4.03. The summed E-state index contributed by atoms with van der Waals surface area (Å²) in [6, 6.07) is 11.7. The molecule has 0 N–H and O–H groups in total. The van der Waals surface area contributed by atoms with Crippen LogP contribution in [-0.2, 0) is 13.0 Å². The zero-order valence-electron chi connectivity index (χ0n) is 14.8. The Hall–Kier alpha value is -2.62. The highest BCUT2D eigenvalue weighted by molar-refractivity contribution is 14.1. The molecule has 7 nitrogen and oxygen atoms in total. The number of halogens is 1. The predicted octanol–water partition coefficient (Wildman–Crippen LogP) is 2.68. The molecule has 1 atom stereocenters. The summed E-state index contributed by atoms with van der Waals surface area (Å²) in [5.41, 5.74) is 2.82. The standard InChI is InChI=1S/C20H16IN3O4/c21-13-3-4-15-12(8-13)5-7-24-16(15)9-18(23-20(24)25)26-10-14-11-27-19-17(28-14)2-1-6-22-19/h1-4,6,8-9,14H,5,7,10-11H2. The summed E-state index contributed by atoms with van der Waals surface area (Å²) in [6.07, 6.45) is 2.18. The Kier molecular flexibility index (Phi) is 4.42. The third kappa shape index (κ3) is 3.21. The first-order valence-electron chi connectivity index (χ1n) is 8.95. The number of pyridine rings is 1. The van der Waals surface area contributed by atoms with Crippen LogP contribution >= 0.6 is 22.6 Å². The van der Waals surface area contributed by atoms with E-state index < -0.39 is 0 Å². The van der Waals surface area contributed by atoms with Gasteiger partial charge in [-0.3, -0.25) is 4.57 Å². The molecule has 2 aromatic heterocycles. The van der Waals surface area contributed by atoms with Crippen molar-refractivity contribution in [3.8, 4) is 28.8 Å². The van der Waals surface area contributed by atoms with Crippen molar-refractivity contribution in [2.75, 3.05) is 13.2 Å². The third-order valence-corrected chi connectivity index (χ3v) is 5.46. The van der Waals surface area contributed by atoms with Gasteiger partial charge >= 0.3 is 5.69 Å². The van der Waals surface area contributed by atoms with Gasteiger partial charge in [0.05, 0.1) is 5.69 Å². The molecule has 2 aliphatic heterocycles. The van der Waals surface area contributed by atoms with E-state index >= 15 is 0 Å². The largest absolute Gasteiger partial charge is 0.478 e. The summed E-state index contributed by atoms with van der Waals surface area (Å²) in [4.78, 5) is 20.7. The molecular formula is C20H16IN3O4. The maximum absolute atomic E-state index is 12.5. The summed E-state index contributed by atoms with van der Waals surface area (Å²) in [5.74, 6) is 1.36. The van der Waals surface area contributed by atoms with E-state index in [0.717, 1.165) is 17.7 Å². The molecule has 0 bridgehead atoms. The maximum Gasteiger partial charge on any atom is 0.351 e. The van der Waals surface area contributed by atoms with E-state index in [2.05, 4.69) is 38.6 Å². The summed E-state index contributed by atoms with van der Waals surface area (Å²) in [5, 5.41) is 0. The van der Waals surface area contributed by atoms with Gasteiger partial charge < -0.3 is 14.2 Å². The van der Waals surface area contributed by atoms with Gasteiger partial charge in [-0.2, -0.15) is 4.98 Å². The van der Waals surface area contributed by atoms with Crippen molar-refractivity contribution in [2.24, 2.45) is 0 Å². The number of fused-ring (bicyclic) bond motifs is 4. The van der Waals surface area contributed by atoms with Gasteiger partial charge in [0.2, 0.25) is 5.88 Å². The van der Waals surface area contributed by atoms with E-state index in [4.69, 9.17) is 14.2 Å². The molecule has 142 valence electrons. The Balaban J connectivity index is 1.38. The van der Waals surface area contributed by atoms with Crippen molar-refractivity contribution in [2.45, 2.75) is 19.1 Å². The molecule has 0 aliphatic carbocycles. The highest BCUT2D eigenvalue weighted by Gasteiger charge is 2.24. The molecule has 2 aliphatic rings. The van der Waals surface area contributed by atoms with Crippen LogP contribution in [0.25, 0.3) is 11.3 Å². The van der Waals surface area contributed by atoms with Gasteiger partial charge in [-0.15, -0.1) is 0 Å². The predicted molar refractivity (Wildman–Crippen MR) is 110 cm³/mol. The molecule has 0 saturated heterocycles. The van der Waals surface area contributed by atoms with Crippen molar-refractivity contribution in [1.82, 2.24) is 14.5 Å². The van der Waals surface area contributed by atoms with Gasteiger partial charge in [-0.05, 0) is 58.8 Å². The zero-order valence-corrected chi connectivity index (χ0v) is 17.0. The summed E-state index contributed by atoms with van der Waals surface area (Å²) >= 11 is 2.30. The second-order valence-electron chi connectivity index (χ2n) is 6.63. The summed E-state index contributed by atoms with van der Waals surface area (Å²) in [6.45, 7) is 1.18. The topological polar surface area (TPSA) is 75.5 Å². The number of hydrogen-bond acceptors (Lipinski definition) is 6. The smallest absolute Gasteiger partial charge is 0.351 e.